The van der Waals surface area contributed by atoms with Gasteiger partial charge in [-0.05, 0) is 53.0 Å². The number of carbonyl (C=O) groups is 3. The molecule has 186 valence electrons. The van der Waals surface area contributed by atoms with E-state index in [1.807, 2.05) is 30.5 Å². The van der Waals surface area contributed by atoms with Crippen molar-refractivity contribution in [2.45, 2.75) is 37.6 Å². The molecule has 0 radical (unpaired) electrons. The van der Waals surface area contributed by atoms with Crippen LogP contribution >= 0.6 is 11.8 Å². The van der Waals surface area contributed by atoms with E-state index in [1.165, 1.54) is 11.8 Å². The van der Waals surface area contributed by atoms with Gasteiger partial charge < -0.3 is 20.5 Å². The Bertz CT molecular complexity index is 1030. The van der Waals surface area contributed by atoms with Crippen molar-refractivity contribution in [3.8, 4) is 11.1 Å². The van der Waals surface area contributed by atoms with Crippen LogP contribution in [0.15, 0.2) is 48.5 Å². The maximum Gasteiger partial charge on any atom is 0.407 e. The van der Waals surface area contributed by atoms with E-state index in [0.29, 0.717) is 24.5 Å². The van der Waals surface area contributed by atoms with Gasteiger partial charge in [-0.15, -0.1) is 0 Å². The van der Waals surface area contributed by atoms with Crippen LogP contribution in [0.3, 0.4) is 0 Å². The minimum absolute atomic E-state index is 0.0357. The van der Waals surface area contributed by atoms with Crippen molar-refractivity contribution in [3.05, 3.63) is 59.7 Å². The summed E-state index contributed by atoms with van der Waals surface area (Å²) in [4.78, 5) is 37.0. The number of carboxylic acid groups (broad SMARTS) is 1. The quantitative estimate of drug-likeness (QED) is 0.406. The van der Waals surface area contributed by atoms with Crippen molar-refractivity contribution in [1.82, 2.24) is 10.6 Å². The normalized spacial score (nSPS) is 16.0. The highest BCUT2D eigenvalue weighted by Crippen LogP contribution is 2.44. The molecule has 7 nitrogen and oxygen atoms in total. The molecule has 1 unspecified atom stereocenters. The van der Waals surface area contributed by atoms with Gasteiger partial charge in [0, 0.05) is 12.5 Å². The number of amides is 2. The van der Waals surface area contributed by atoms with Crippen LogP contribution < -0.4 is 10.6 Å². The Labute approximate surface area is 210 Å². The van der Waals surface area contributed by atoms with Crippen LogP contribution in [0, 0.1) is 11.8 Å². The van der Waals surface area contributed by atoms with E-state index in [4.69, 9.17) is 4.74 Å². The molecule has 2 aliphatic rings. The second kappa shape index (κ2) is 11.6. The Morgan fingerprint density at radius 2 is 1.69 bits per heavy atom. The fourth-order valence-electron chi connectivity index (χ4n) is 4.68. The molecule has 0 heterocycles. The van der Waals surface area contributed by atoms with Crippen LogP contribution in [-0.2, 0) is 14.3 Å². The number of alkyl carbamates (subject to hydrolysis) is 1. The lowest BCUT2D eigenvalue weighted by atomic mass is 9.98. The van der Waals surface area contributed by atoms with Gasteiger partial charge in [0.15, 0.2) is 0 Å². The molecule has 2 aromatic rings. The number of thioether (sulfide) groups is 1. The lowest BCUT2D eigenvalue weighted by molar-refractivity contribution is -0.142. The van der Waals surface area contributed by atoms with E-state index in [-0.39, 0.29) is 25.0 Å². The zero-order chi connectivity index (χ0) is 24.8. The van der Waals surface area contributed by atoms with Gasteiger partial charge in [0.2, 0.25) is 5.91 Å². The zero-order valence-corrected chi connectivity index (χ0v) is 20.7. The Hall–Kier alpha value is -3.00. The number of hydrogen-bond donors (Lipinski definition) is 3. The molecule has 8 heteroatoms. The van der Waals surface area contributed by atoms with Crippen LogP contribution in [0.2, 0.25) is 0 Å². The van der Waals surface area contributed by atoms with Gasteiger partial charge in [-0.1, -0.05) is 61.4 Å². The van der Waals surface area contributed by atoms with E-state index >= 15 is 0 Å². The summed E-state index contributed by atoms with van der Waals surface area (Å²) in [5, 5.41) is 14.8. The molecule has 0 bridgehead atoms. The number of fused-ring (bicyclic) bond motifs is 3. The first-order valence-corrected chi connectivity index (χ1v) is 13.5. The predicted molar refractivity (Wildman–Crippen MR) is 136 cm³/mol. The second-order valence-corrected chi connectivity index (χ2v) is 10.2. The minimum Gasteiger partial charge on any atom is -0.480 e. The molecule has 35 heavy (non-hydrogen) atoms. The Morgan fingerprint density at radius 1 is 1.06 bits per heavy atom. The molecule has 0 spiro atoms. The molecule has 1 fully saturated rings. The number of carbonyl (C=O) groups excluding carboxylic acids is 2. The van der Waals surface area contributed by atoms with Gasteiger partial charge >= 0.3 is 12.1 Å². The van der Waals surface area contributed by atoms with Crippen LogP contribution in [0.5, 0.6) is 0 Å². The SMILES string of the molecule is CSCC[C@H](NC(=O)C(CNC(=O)OCC1c2ccccc2-c2ccccc21)CC1CC1)C(=O)O. The minimum atomic E-state index is -1.04. The molecule has 0 aliphatic heterocycles. The first-order valence-electron chi connectivity index (χ1n) is 12.1. The van der Waals surface area contributed by atoms with E-state index in [2.05, 4.69) is 34.9 Å². The van der Waals surface area contributed by atoms with Gasteiger partial charge in [-0.25, -0.2) is 9.59 Å². The molecule has 3 N–H and O–H groups in total. The number of carboxylic acids is 1. The van der Waals surface area contributed by atoms with Gasteiger partial charge in [-0.2, -0.15) is 11.8 Å². The van der Waals surface area contributed by atoms with E-state index in [9.17, 15) is 19.5 Å². The van der Waals surface area contributed by atoms with Crippen molar-refractivity contribution in [3.63, 3.8) is 0 Å². The average Bonchev–Trinajstić information content (AvgIpc) is 3.63. The first-order chi connectivity index (χ1) is 17.0. The Balaban J connectivity index is 1.33. The molecule has 4 rings (SSSR count). The third kappa shape index (κ3) is 6.36. The maximum atomic E-state index is 12.9. The van der Waals surface area contributed by atoms with Crippen LogP contribution in [0.1, 0.15) is 42.7 Å². The second-order valence-electron chi connectivity index (χ2n) is 9.26. The lowest BCUT2D eigenvalue weighted by Gasteiger charge is -2.21. The summed E-state index contributed by atoms with van der Waals surface area (Å²) in [5.41, 5.74) is 4.59. The summed E-state index contributed by atoms with van der Waals surface area (Å²) >= 11 is 1.54. The molecular formula is C27H32N2O5S. The lowest BCUT2D eigenvalue weighted by Crippen LogP contribution is -2.46. The van der Waals surface area contributed by atoms with Gasteiger partial charge in [0.25, 0.3) is 0 Å². The number of aliphatic carboxylic acids is 1. The monoisotopic (exact) mass is 496 g/mol. The third-order valence-electron chi connectivity index (χ3n) is 6.75. The van der Waals surface area contributed by atoms with Gasteiger partial charge in [0.1, 0.15) is 12.6 Å². The van der Waals surface area contributed by atoms with E-state index in [0.717, 1.165) is 35.1 Å². The average molecular weight is 497 g/mol. The predicted octanol–water partition coefficient (Wildman–Crippen LogP) is 4.26. The topological polar surface area (TPSA) is 105 Å². The number of benzene rings is 2. The number of ether oxygens (including phenoxy) is 1. The van der Waals surface area contributed by atoms with Gasteiger partial charge in [-0.3, -0.25) is 4.79 Å². The molecule has 2 aliphatic carbocycles. The number of rotatable bonds is 12. The summed E-state index contributed by atoms with van der Waals surface area (Å²) in [6.07, 6.45) is 4.43. The van der Waals surface area contributed by atoms with Gasteiger partial charge in [0.05, 0.1) is 5.92 Å². The number of hydrogen-bond acceptors (Lipinski definition) is 5. The molecule has 0 aromatic heterocycles. The fourth-order valence-corrected chi connectivity index (χ4v) is 5.15. The van der Waals surface area contributed by atoms with Crippen molar-refractivity contribution in [2.75, 3.05) is 25.2 Å². The van der Waals surface area contributed by atoms with Crippen LogP contribution in [0.25, 0.3) is 11.1 Å². The molecule has 2 atom stereocenters. The maximum absolute atomic E-state index is 12.9. The summed E-state index contributed by atoms with van der Waals surface area (Å²) in [6.45, 7) is 0.322. The van der Waals surface area contributed by atoms with E-state index in [1.54, 1.807) is 0 Å². The molecule has 0 saturated heterocycles. The zero-order valence-electron chi connectivity index (χ0n) is 19.9. The largest absolute Gasteiger partial charge is 0.480 e. The Kier molecular flexibility index (Phi) is 8.33. The molecular weight excluding hydrogens is 464 g/mol. The standard InChI is InChI=1S/C27H32N2O5S/c1-35-13-12-24(26(31)32)29-25(30)18(14-17-10-11-17)15-28-27(33)34-16-23-21-8-4-2-6-19(21)20-7-3-5-9-22(20)23/h2-9,17-18,23-24H,10-16H2,1H3,(H,28,33)(H,29,30)(H,31,32)/t18?,24-/m0/s1. The first kappa shape index (κ1) is 25.1. The number of nitrogens with one attached hydrogen (secondary N) is 2. The fraction of sp³-hybridized carbons (Fsp3) is 0.444. The molecule has 2 aromatic carbocycles. The Morgan fingerprint density at radius 3 is 2.26 bits per heavy atom. The summed E-state index contributed by atoms with van der Waals surface area (Å²) in [6, 6.07) is 15.4. The summed E-state index contributed by atoms with van der Waals surface area (Å²) < 4.78 is 5.58. The molecule has 2 amide bonds. The summed E-state index contributed by atoms with van der Waals surface area (Å²) in [7, 11) is 0. The van der Waals surface area contributed by atoms with Crippen LogP contribution in [0.4, 0.5) is 4.79 Å². The highest BCUT2D eigenvalue weighted by atomic mass is 32.2. The third-order valence-corrected chi connectivity index (χ3v) is 7.39. The molecule has 1 saturated carbocycles. The van der Waals surface area contributed by atoms with Crippen molar-refractivity contribution in [1.29, 1.82) is 0 Å². The highest BCUT2D eigenvalue weighted by molar-refractivity contribution is 7.98. The van der Waals surface area contributed by atoms with Crippen molar-refractivity contribution < 1.29 is 24.2 Å². The van der Waals surface area contributed by atoms with E-state index < -0.39 is 24.0 Å². The smallest absolute Gasteiger partial charge is 0.407 e. The van der Waals surface area contributed by atoms with Crippen molar-refractivity contribution in [2.24, 2.45) is 11.8 Å². The summed E-state index contributed by atoms with van der Waals surface area (Å²) in [5.74, 6) is -0.802. The van der Waals surface area contributed by atoms with Crippen molar-refractivity contribution >= 4 is 29.7 Å². The highest BCUT2D eigenvalue weighted by Gasteiger charge is 2.32. The van der Waals surface area contributed by atoms with Crippen LogP contribution in [-0.4, -0.2) is 54.3 Å².